The zero-order valence-corrected chi connectivity index (χ0v) is 31.8. The Balaban J connectivity index is 0.00000192. The molecule has 0 radical (unpaired) electrons. The minimum absolute atomic E-state index is 0. The summed E-state index contributed by atoms with van der Waals surface area (Å²) in [7, 11) is 0. The summed E-state index contributed by atoms with van der Waals surface area (Å²) in [4.78, 5) is 0. The van der Waals surface area contributed by atoms with Crippen molar-refractivity contribution >= 4 is 43.4 Å². The maximum absolute atomic E-state index is 5.43. The Morgan fingerprint density at radius 1 is 0.773 bits per heavy atom. The van der Waals surface area contributed by atoms with E-state index < -0.39 is 18.3 Å². The summed E-state index contributed by atoms with van der Waals surface area (Å²) < 4.78 is 11.6. The maximum atomic E-state index is 5.43. The van der Waals surface area contributed by atoms with Crippen LogP contribution in [0.15, 0.2) is 82.2 Å². The molecule has 0 aromatic heterocycles. The van der Waals surface area contributed by atoms with Gasteiger partial charge >= 0.3 is 256 Å². The Morgan fingerprint density at radius 2 is 1.36 bits per heavy atom. The van der Waals surface area contributed by atoms with Crippen LogP contribution in [0.25, 0.3) is 22.3 Å². The Kier molecular flexibility index (Phi) is 8.15. The Labute approximate surface area is 278 Å². The van der Waals surface area contributed by atoms with Crippen LogP contribution < -0.4 is 3.27 Å². The van der Waals surface area contributed by atoms with Crippen LogP contribution in [-0.4, -0.2) is 4.21 Å². The second kappa shape index (κ2) is 10.8. The molecule has 7 rings (SSSR count). The summed E-state index contributed by atoms with van der Waals surface area (Å²) in [6.45, 7) is 16.7. The van der Waals surface area contributed by atoms with Crippen molar-refractivity contribution in [2.75, 3.05) is 0 Å². The van der Waals surface area contributed by atoms with Crippen LogP contribution in [0.4, 0.5) is 0 Å². The van der Waals surface area contributed by atoms with Gasteiger partial charge in [-0.25, -0.2) is 0 Å². The van der Waals surface area contributed by atoms with E-state index in [0.29, 0.717) is 3.63 Å². The molecule has 0 spiro atoms. The first-order valence-electron chi connectivity index (χ1n) is 15.9. The molecular weight excluding hydrogens is 655 g/mol. The van der Waals surface area contributed by atoms with E-state index in [1.54, 1.807) is 3.28 Å². The molecule has 0 amide bonds. The molecule has 0 saturated carbocycles. The number of halogens is 2. The molecule has 0 N–H and O–H groups in total. The van der Waals surface area contributed by atoms with Gasteiger partial charge in [0.15, 0.2) is 0 Å². The number of hydrogen-bond donors (Lipinski definition) is 0. The Hall–Kier alpha value is -2.05. The van der Waals surface area contributed by atoms with Crippen LogP contribution in [0.3, 0.4) is 0 Å². The normalized spacial score (nSPS) is 20.6. The molecule has 44 heavy (non-hydrogen) atoms. The second-order valence-electron chi connectivity index (χ2n) is 15.6. The van der Waals surface area contributed by atoms with Gasteiger partial charge in [-0.05, 0) is 0 Å². The molecule has 1 unspecified atom stereocenters. The Bertz CT molecular complexity index is 1890. The van der Waals surface area contributed by atoms with Crippen molar-refractivity contribution in [3.8, 4) is 11.1 Å². The first kappa shape index (κ1) is 33.3. The number of allylic oxidation sites excluding steroid dienone is 8. The fourth-order valence-electron chi connectivity index (χ4n) is 9.13. The summed E-state index contributed by atoms with van der Waals surface area (Å²) in [6, 6.07) is 19.7. The van der Waals surface area contributed by atoms with Crippen molar-refractivity contribution in [3.63, 3.8) is 0 Å². The topological polar surface area (TPSA) is 0 Å². The van der Waals surface area contributed by atoms with Gasteiger partial charge in [-0.15, -0.1) is 24.8 Å². The zero-order valence-electron chi connectivity index (χ0n) is 27.7. The summed E-state index contributed by atoms with van der Waals surface area (Å²) in [6.07, 6.45) is 15.3. The second-order valence-corrected chi connectivity index (χ2v) is 30.5. The van der Waals surface area contributed by atoms with Gasteiger partial charge in [0, 0.05) is 0 Å². The SMILES string of the molecule is Cl.Cl.[CH2]=[Zr]([CH3])([C]1=CC=CC1)([c]1ccc(C)cc1)[CH]1C=C(C)c2cc3c(cc2C1(C)C)Cc1cc2c(cc1-3)C(C)=CCC2(C)C. The predicted molar refractivity (Wildman–Crippen MR) is 197 cm³/mol. The van der Waals surface area contributed by atoms with Crippen LogP contribution in [0.5, 0.6) is 0 Å². The van der Waals surface area contributed by atoms with Crippen molar-refractivity contribution in [2.24, 2.45) is 0 Å². The van der Waals surface area contributed by atoms with Crippen molar-refractivity contribution in [1.82, 2.24) is 0 Å². The van der Waals surface area contributed by atoms with Gasteiger partial charge in [0.05, 0.1) is 0 Å². The van der Waals surface area contributed by atoms with Crippen molar-refractivity contribution in [1.29, 1.82) is 0 Å². The first-order chi connectivity index (χ1) is 19.7. The van der Waals surface area contributed by atoms with Crippen LogP contribution in [0.2, 0.25) is 8.26 Å². The molecule has 0 nitrogen and oxygen atoms in total. The number of benzene rings is 3. The third-order valence-corrected chi connectivity index (χ3v) is 28.3. The standard InChI is InChI=1S/C27H29.C7H7.C5H5.CH3.CH2.2ClH.Zr/c1-16-7-9-26(3,4)24-12-18-11-19-13-25-21(17(2)8-10-27(25,5)6)15-23(19)22(18)14-20(16)24;1-7-5-3-2-4-6-7;1-2-4-5-3-1;;;;;/h7-9,12-15H,10-11H2,1-6H3;3-6H,1H3;1-3H,4H2;1H3;1H2;2*1H;. The third kappa shape index (κ3) is 4.59. The molecule has 0 saturated heterocycles. The third-order valence-electron chi connectivity index (χ3n) is 11.9. The Morgan fingerprint density at radius 3 is 1.95 bits per heavy atom. The predicted octanol–water partition coefficient (Wildman–Crippen LogP) is 11.3. The van der Waals surface area contributed by atoms with Crippen molar-refractivity contribution < 1.29 is 18.3 Å². The molecule has 0 aliphatic heterocycles. The van der Waals surface area contributed by atoms with E-state index in [2.05, 4.69) is 132 Å². The van der Waals surface area contributed by atoms with E-state index in [1.165, 1.54) is 64.5 Å². The number of hydrogen-bond acceptors (Lipinski definition) is 0. The fourth-order valence-corrected chi connectivity index (χ4v) is 24.6. The zero-order chi connectivity index (χ0) is 29.8. The molecule has 230 valence electrons. The van der Waals surface area contributed by atoms with Crippen molar-refractivity contribution in [2.45, 2.75) is 86.8 Å². The minimum atomic E-state index is -4.05. The molecule has 3 aromatic carbocycles. The average Bonchev–Trinajstić information content (AvgIpc) is 3.61. The molecular formula is C41H48Cl2Zr. The van der Waals surface area contributed by atoms with E-state index >= 15 is 0 Å². The van der Waals surface area contributed by atoms with Crippen LogP contribution in [-0.2, 0) is 35.5 Å². The van der Waals surface area contributed by atoms with Gasteiger partial charge in [-0.3, -0.25) is 0 Å². The van der Waals surface area contributed by atoms with Gasteiger partial charge in [-0.1, -0.05) is 0 Å². The number of rotatable bonds is 3. The van der Waals surface area contributed by atoms with Gasteiger partial charge in [0.2, 0.25) is 0 Å². The summed E-state index contributed by atoms with van der Waals surface area (Å²) >= 11 is -4.05. The summed E-state index contributed by atoms with van der Waals surface area (Å²) in [5.74, 6) is 0. The van der Waals surface area contributed by atoms with Gasteiger partial charge in [-0.2, -0.15) is 0 Å². The number of aryl methyl sites for hydroxylation is 1. The molecule has 3 heteroatoms. The van der Waals surface area contributed by atoms with Crippen molar-refractivity contribution in [3.05, 3.63) is 121 Å². The van der Waals surface area contributed by atoms with Crippen LogP contribution in [0.1, 0.15) is 93.3 Å². The molecule has 4 aliphatic rings. The van der Waals surface area contributed by atoms with E-state index in [1.807, 2.05) is 0 Å². The quantitative estimate of drug-likeness (QED) is 0.199. The van der Waals surface area contributed by atoms with Crippen LogP contribution >= 0.6 is 24.8 Å². The van der Waals surface area contributed by atoms with Gasteiger partial charge in [0.25, 0.3) is 0 Å². The monoisotopic (exact) mass is 700 g/mol. The number of fused-ring (bicyclic) bond motifs is 5. The molecule has 0 bridgehead atoms. The fraction of sp³-hybridized carbons (Fsp3) is 0.341. The molecule has 0 fully saturated rings. The van der Waals surface area contributed by atoms with E-state index in [-0.39, 0.29) is 35.6 Å². The first-order valence-corrected chi connectivity index (χ1v) is 24.0. The summed E-state index contributed by atoms with van der Waals surface area (Å²) in [5.41, 5.74) is 16.1. The van der Waals surface area contributed by atoms with Crippen LogP contribution in [0, 0.1) is 6.92 Å². The van der Waals surface area contributed by atoms with E-state index in [4.69, 9.17) is 4.21 Å². The molecule has 1 atom stereocenters. The summed E-state index contributed by atoms with van der Waals surface area (Å²) in [5, 5.41) is 0. The van der Waals surface area contributed by atoms with E-state index in [0.717, 1.165) is 19.3 Å². The van der Waals surface area contributed by atoms with Gasteiger partial charge in [0.1, 0.15) is 0 Å². The van der Waals surface area contributed by atoms with E-state index in [9.17, 15) is 0 Å². The molecule has 3 aromatic rings. The molecule has 0 heterocycles. The average molecular weight is 703 g/mol. The van der Waals surface area contributed by atoms with Gasteiger partial charge < -0.3 is 0 Å². The molecule has 4 aliphatic carbocycles.